The number of carbonyl (C=O) groups is 2. The van der Waals surface area contributed by atoms with Gasteiger partial charge in [0.25, 0.3) is 5.91 Å². The van der Waals surface area contributed by atoms with Crippen LogP contribution in [0.3, 0.4) is 0 Å². The summed E-state index contributed by atoms with van der Waals surface area (Å²) in [5.74, 6) is 4.24. The molecule has 1 amide bonds. The van der Waals surface area contributed by atoms with E-state index in [1.54, 1.807) is 20.8 Å². The Bertz CT molecular complexity index is 1250. The van der Waals surface area contributed by atoms with Crippen molar-refractivity contribution in [1.29, 1.82) is 0 Å². The number of carboxylic acid groups (broad SMARTS) is 1. The SMILES string of the molecule is CC#CCOc1ccc(S(=O)(=O)N2C[C@H](CC(=O)O)SC(C)(C)[C@@H]2C(=O)NOCc2ccccc2)cc1. The smallest absolute Gasteiger partial charge is 0.304 e. The van der Waals surface area contributed by atoms with E-state index in [9.17, 15) is 23.1 Å². The highest BCUT2D eigenvalue weighted by molar-refractivity contribution is 8.01. The van der Waals surface area contributed by atoms with Crippen LogP contribution in [-0.2, 0) is 31.1 Å². The quantitative estimate of drug-likeness (QED) is 0.344. The number of nitrogens with zero attached hydrogens (tertiary/aromatic N) is 1. The van der Waals surface area contributed by atoms with Gasteiger partial charge in [0.2, 0.25) is 10.0 Å². The average molecular weight is 547 g/mol. The summed E-state index contributed by atoms with van der Waals surface area (Å²) in [4.78, 5) is 30.1. The molecule has 0 radical (unpaired) electrons. The molecule has 3 rings (SSSR count). The van der Waals surface area contributed by atoms with Gasteiger partial charge in [-0.1, -0.05) is 36.3 Å². The number of amides is 1. The molecule has 0 spiro atoms. The van der Waals surface area contributed by atoms with Crippen molar-refractivity contribution in [3.8, 4) is 17.6 Å². The summed E-state index contributed by atoms with van der Waals surface area (Å²) >= 11 is 1.28. The van der Waals surface area contributed by atoms with Crippen LogP contribution in [0.1, 0.15) is 32.8 Å². The second-order valence-corrected chi connectivity index (χ2v) is 12.7. The molecule has 1 saturated heterocycles. The summed E-state index contributed by atoms with van der Waals surface area (Å²) in [5.41, 5.74) is 3.23. The minimum absolute atomic E-state index is 0.0406. The van der Waals surface area contributed by atoms with Gasteiger partial charge in [0.15, 0.2) is 0 Å². The maximum Gasteiger partial charge on any atom is 0.304 e. The van der Waals surface area contributed by atoms with Crippen LogP contribution in [0.4, 0.5) is 0 Å². The van der Waals surface area contributed by atoms with E-state index in [1.807, 2.05) is 30.3 Å². The topological polar surface area (TPSA) is 122 Å². The van der Waals surface area contributed by atoms with Gasteiger partial charge in [-0.25, -0.2) is 13.9 Å². The maximum absolute atomic E-state index is 13.8. The van der Waals surface area contributed by atoms with E-state index in [0.717, 1.165) is 9.87 Å². The number of ether oxygens (including phenoxy) is 1. The van der Waals surface area contributed by atoms with Gasteiger partial charge in [0.1, 0.15) is 18.4 Å². The second-order valence-electron chi connectivity index (χ2n) is 8.85. The molecular formula is C26H30N2O7S2. The normalized spacial score (nSPS) is 19.3. The fourth-order valence-corrected chi connectivity index (χ4v) is 7.63. The second kappa shape index (κ2) is 12.5. The number of hydrogen-bond donors (Lipinski definition) is 2. The third kappa shape index (κ3) is 7.49. The Labute approximate surface area is 221 Å². The van der Waals surface area contributed by atoms with Crippen molar-refractivity contribution in [1.82, 2.24) is 9.79 Å². The van der Waals surface area contributed by atoms with Crippen LogP contribution in [0.5, 0.6) is 5.75 Å². The van der Waals surface area contributed by atoms with E-state index in [1.165, 1.54) is 36.0 Å². The van der Waals surface area contributed by atoms with E-state index in [0.29, 0.717) is 5.75 Å². The molecule has 11 heteroatoms. The minimum Gasteiger partial charge on any atom is -0.481 e. The van der Waals surface area contributed by atoms with Gasteiger partial charge in [-0.3, -0.25) is 14.4 Å². The molecule has 1 aliphatic heterocycles. The van der Waals surface area contributed by atoms with Crippen molar-refractivity contribution < 1.29 is 32.7 Å². The standard InChI is InChI=1S/C26H30N2O7S2/c1-4-5-15-34-20-11-13-22(14-12-20)37(32,33)28-17-21(16-23(29)30)36-26(2,3)24(28)25(31)27-35-18-19-9-7-6-8-10-19/h6-14,21,24H,15-18H2,1-3H3,(H,27,31)(H,29,30)/t21-,24-/m0/s1. The lowest BCUT2D eigenvalue weighted by molar-refractivity contribution is -0.139. The van der Waals surface area contributed by atoms with E-state index in [4.69, 9.17) is 9.57 Å². The highest BCUT2D eigenvalue weighted by Gasteiger charge is 2.51. The number of rotatable bonds is 10. The minimum atomic E-state index is -4.19. The van der Waals surface area contributed by atoms with Gasteiger partial charge >= 0.3 is 5.97 Å². The van der Waals surface area contributed by atoms with Gasteiger partial charge in [0.05, 0.1) is 17.9 Å². The lowest BCUT2D eigenvalue weighted by Crippen LogP contribution is -2.63. The largest absolute Gasteiger partial charge is 0.481 e. The molecule has 2 aromatic carbocycles. The molecule has 0 aromatic heterocycles. The van der Waals surface area contributed by atoms with Gasteiger partial charge in [-0.05, 0) is 50.6 Å². The van der Waals surface area contributed by atoms with Crippen LogP contribution in [-0.4, -0.2) is 58.9 Å². The molecule has 2 aromatic rings. The molecule has 9 nitrogen and oxygen atoms in total. The summed E-state index contributed by atoms with van der Waals surface area (Å²) in [6, 6.07) is 13.9. The molecule has 0 saturated carbocycles. The number of carbonyl (C=O) groups excluding carboxylic acids is 1. The van der Waals surface area contributed by atoms with Crippen molar-refractivity contribution in [2.24, 2.45) is 0 Å². The molecular weight excluding hydrogens is 516 g/mol. The first-order valence-corrected chi connectivity index (χ1v) is 13.9. The maximum atomic E-state index is 13.8. The zero-order valence-corrected chi connectivity index (χ0v) is 22.5. The Kier molecular flexibility index (Phi) is 9.62. The Morgan fingerprint density at radius 1 is 1.16 bits per heavy atom. The Morgan fingerprint density at radius 3 is 2.46 bits per heavy atom. The molecule has 1 fully saturated rings. The van der Waals surface area contributed by atoms with Crippen LogP contribution in [0.15, 0.2) is 59.5 Å². The first kappa shape index (κ1) is 28.5. The van der Waals surface area contributed by atoms with Crippen molar-refractivity contribution in [2.45, 2.75) is 54.7 Å². The zero-order chi connectivity index (χ0) is 27.1. The van der Waals surface area contributed by atoms with Crippen LogP contribution in [0.25, 0.3) is 0 Å². The third-order valence-corrected chi connectivity index (χ3v) is 8.95. The molecule has 0 aliphatic carbocycles. The number of hydroxylamine groups is 1. The first-order chi connectivity index (χ1) is 17.5. The van der Waals surface area contributed by atoms with Gasteiger partial charge < -0.3 is 9.84 Å². The van der Waals surface area contributed by atoms with Gasteiger partial charge in [-0.15, -0.1) is 17.7 Å². The third-order valence-electron chi connectivity index (χ3n) is 5.62. The van der Waals surface area contributed by atoms with Crippen LogP contribution >= 0.6 is 11.8 Å². The molecule has 0 bridgehead atoms. The monoisotopic (exact) mass is 546 g/mol. The molecule has 0 unspecified atom stereocenters. The Balaban J connectivity index is 1.87. The number of thioether (sulfide) groups is 1. The zero-order valence-electron chi connectivity index (χ0n) is 20.8. The lowest BCUT2D eigenvalue weighted by atomic mass is 10.0. The molecule has 2 N–H and O–H groups in total. The molecule has 2 atom stereocenters. The summed E-state index contributed by atoms with van der Waals surface area (Å²) in [6.07, 6.45) is -0.246. The number of sulfonamides is 1. The number of aliphatic carboxylic acids is 1. The first-order valence-electron chi connectivity index (χ1n) is 11.5. The van der Waals surface area contributed by atoms with E-state index >= 15 is 0 Å². The van der Waals surface area contributed by atoms with Gasteiger partial charge in [0, 0.05) is 16.5 Å². The summed E-state index contributed by atoms with van der Waals surface area (Å²) < 4.78 is 33.1. The van der Waals surface area contributed by atoms with Crippen LogP contribution < -0.4 is 10.2 Å². The fourth-order valence-electron chi connectivity index (χ4n) is 4.02. The van der Waals surface area contributed by atoms with E-state index in [-0.39, 0.29) is 31.1 Å². The number of nitrogens with one attached hydrogen (secondary N) is 1. The average Bonchev–Trinajstić information content (AvgIpc) is 2.83. The van der Waals surface area contributed by atoms with Crippen molar-refractivity contribution in [2.75, 3.05) is 13.2 Å². The number of benzene rings is 2. The van der Waals surface area contributed by atoms with Crippen LogP contribution in [0.2, 0.25) is 0 Å². The molecule has 1 aliphatic rings. The predicted octanol–water partition coefficient (Wildman–Crippen LogP) is 3.06. The predicted molar refractivity (Wildman–Crippen MR) is 140 cm³/mol. The Morgan fingerprint density at radius 2 is 1.84 bits per heavy atom. The summed E-state index contributed by atoms with van der Waals surface area (Å²) in [5, 5.41) is 8.81. The lowest BCUT2D eigenvalue weighted by Gasteiger charge is -2.46. The van der Waals surface area contributed by atoms with E-state index < -0.39 is 37.9 Å². The highest BCUT2D eigenvalue weighted by Crippen LogP contribution is 2.43. The number of hydrogen-bond acceptors (Lipinski definition) is 7. The fraction of sp³-hybridized carbons (Fsp3) is 0.385. The summed E-state index contributed by atoms with van der Waals surface area (Å²) in [7, 11) is -4.19. The van der Waals surface area contributed by atoms with Crippen molar-refractivity contribution >= 4 is 33.7 Å². The van der Waals surface area contributed by atoms with Gasteiger partial charge in [-0.2, -0.15) is 4.31 Å². The molecule has 198 valence electrons. The van der Waals surface area contributed by atoms with Crippen molar-refractivity contribution in [3.63, 3.8) is 0 Å². The van der Waals surface area contributed by atoms with Crippen LogP contribution in [0, 0.1) is 11.8 Å². The molecule has 1 heterocycles. The Hall–Kier alpha value is -3.04. The highest BCUT2D eigenvalue weighted by atomic mass is 32.2. The summed E-state index contributed by atoms with van der Waals surface area (Å²) in [6.45, 7) is 5.26. The molecule has 37 heavy (non-hydrogen) atoms. The number of carboxylic acids is 1. The van der Waals surface area contributed by atoms with Crippen molar-refractivity contribution in [3.05, 3.63) is 60.2 Å². The van der Waals surface area contributed by atoms with E-state index in [2.05, 4.69) is 17.3 Å².